The van der Waals surface area contributed by atoms with Gasteiger partial charge in [0.25, 0.3) is 0 Å². The summed E-state index contributed by atoms with van der Waals surface area (Å²) < 4.78 is 23.5. The van der Waals surface area contributed by atoms with Gasteiger partial charge in [-0.3, -0.25) is 4.79 Å². The van der Waals surface area contributed by atoms with Crippen molar-refractivity contribution in [2.45, 2.75) is 57.0 Å². The van der Waals surface area contributed by atoms with Gasteiger partial charge >= 0.3 is 0 Å². The van der Waals surface area contributed by atoms with E-state index in [1.807, 2.05) is 42.2 Å². The van der Waals surface area contributed by atoms with Gasteiger partial charge in [0.1, 0.15) is 0 Å². The molecular formula is C19H28N2O3S. The highest BCUT2D eigenvalue weighted by molar-refractivity contribution is 7.91. The van der Waals surface area contributed by atoms with Crippen LogP contribution in [0.2, 0.25) is 0 Å². The van der Waals surface area contributed by atoms with Gasteiger partial charge in [0, 0.05) is 17.3 Å². The summed E-state index contributed by atoms with van der Waals surface area (Å²) in [4.78, 5) is 14.9. The Morgan fingerprint density at radius 1 is 1.20 bits per heavy atom. The number of anilines is 1. The lowest BCUT2D eigenvalue weighted by Gasteiger charge is -2.35. The minimum absolute atomic E-state index is 0.0311. The Morgan fingerprint density at radius 3 is 2.48 bits per heavy atom. The Morgan fingerprint density at radius 2 is 1.88 bits per heavy atom. The van der Waals surface area contributed by atoms with Gasteiger partial charge < -0.3 is 10.2 Å². The highest BCUT2D eigenvalue weighted by Gasteiger charge is 2.38. The van der Waals surface area contributed by atoms with Crippen LogP contribution in [0.1, 0.15) is 45.4 Å². The molecule has 0 aromatic heterocycles. The summed E-state index contributed by atoms with van der Waals surface area (Å²) in [6.07, 6.45) is 6.19. The third-order valence-electron chi connectivity index (χ3n) is 5.41. The molecule has 0 radical (unpaired) electrons. The third-order valence-corrected chi connectivity index (χ3v) is 7.32. The van der Waals surface area contributed by atoms with Gasteiger partial charge in [-0.2, -0.15) is 0 Å². The Hall–Kier alpha value is -1.40. The molecule has 1 aromatic rings. The molecule has 1 amide bonds. The fourth-order valence-electron chi connectivity index (χ4n) is 4.01. The molecule has 1 heterocycles. The number of carbonyl (C=O) groups excluding carboxylic acids is 1. The van der Waals surface area contributed by atoms with Crippen LogP contribution in [0.3, 0.4) is 0 Å². The van der Waals surface area contributed by atoms with Crippen molar-refractivity contribution >= 4 is 21.4 Å². The van der Waals surface area contributed by atoms with Crippen LogP contribution in [-0.2, 0) is 14.6 Å². The third kappa shape index (κ3) is 4.61. The van der Waals surface area contributed by atoms with Gasteiger partial charge in [-0.05, 0) is 38.3 Å². The lowest BCUT2D eigenvalue weighted by molar-refractivity contribution is -0.118. The summed E-state index contributed by atoms with van der Waals surface area (Å²) in [5, 5.41) is 3.23. The Kier molecular flexibility index (Phi) is 5.49. The maximum absolute atomic E-state index is 13.0. The summed E-state index contributed by atoms with van der Waals surface area (Å²) in [6.45, 7) is 2.08. The summed E-state index contributed by atoms with van der Waals surface area (Å²) in [5.41, 5.74) is 0.439. The summed E-state index contributed by atoms with van der Waals surface area (Å²) in [5.74, 6) is 0.348. The number of rotatable bonds is 5. The summed E-state index contributed by atoms with van der Waals surface area (Å²) >= 11 is 0. The van der Waals surface area contributed by atoms with Gasteiger partial charge in [0.15, 0.2) is 9.84 Å². The van der Waals surface area contributed by atoms with Gasteiger partial charge in [-0.15, -0.1) is 0 Å². The number of sulfone groups is 1. The molecule has 138 valence electrons. The monoisotopic (exact) mass is 364 g/mol. The van der Waals surface area contributed by atoms with E-state index in [0.717, 1.165) is 31.4 Å². The van der Waals surface area contributed by atoms with Crippen molar-refractivity contribution in [2.24, 2.45) is 0 Å². The lowest BCUT2D eigenvalue weighted by atomic mass is 9.93. The van der Waals surface area contributed by atoms with Gasteiger partial charge in [0.05, 0.1) is 18.1 Å². The van der Waals surface area contributed by atoms with Crippen LogP contribution in [0, 0.1) is 0 Å². The molecule has 0 bridgehead atoms. The van der Waals surface area contributed by atoms with E-state index in [4.69, 9.17) is 0 Å². The van der Waals surface area contributed by atoms with Crippen LogP contribution in [0.25, 0.3) is 0 Å². The fraction of sp³-hybridized carbons (Fsp3) is 0.632. The molecule has 1 N–H and O–H groups in total. The number of para-hydroxylation sites is 1. The van der Waals surface area contributed by atoms with Gasteiger partial charge in [-0.25, -0.2) is 8.42 Å². The topological polar surface area (TPSA) is 66.5 Å². The molecule has 1 aliphatic heterocycles. The van der Waals surface area contributed by atoms with E-state index in [0.29, 0.717) is 6.42 Å². The molecule has 1 unspecified atom stereocenters. The van der Waals surface area contributed by atoms with Gasteiger partial charge in [0.2, 0.25) is 5.91 Å². The van der Waals surface area contributed by atoms with Crippen molar-refractivity contribution in [3.05, 3.63) is 30.3 Å². The molecule has 1 aliphatic carbocycles. The van der Waals surface area contributed by atoms with Crippen LogP contribution in [0.15, 0.2) is 30.3 Å². The molecule has 1 atom stereocenters. The minimum atomic E-state index is -2.98. The number of amides is 1. The maximum Gasteiger partial charge on any atom is 0.241 e. The maximum atomic E-state index is 13.0. The first kappa shape index (κ1) is 18.4. The number of nitrogens with zero attached hydrogens (tertiary/aromatic N) is 1. The van der Waals surface area contributed by atoms with Crippen molar-refractivity contribution in [3.8, 4) is 0 Å². The molecule has 0 spiro atoms. The quantitative estimate of drug-likeness (QED) is 0.872. The van der Waals surface area contributed by atoms with Crippen LogP contribution in [0.4, 0.5) is 5.69 Å². The standard InChI is InChI=1S/C19H28N2O3S/c1-19(12-13-25(23,24)15-19)20-14-18(22)21(16-8-4-2-5-9-16)17-10-6-3-7-11-17/h2,4-5,8-9,17,20H,3,6-7,10-15H2,1H3. The molecule has 3 rings (SSSR count). The van der Waals surface area contributed by atoms with E-state index in [1.165, 1.54) is 6.42 Å². The van der Waals surface area contributed by atoms with Crippen molar-refractivity contribution in [2.75, 3.05) is 23.0 Å². The zero-order valence-corrected chi connectivity index (χ0v) is 15.7. The second-order valence-electron chi connectivity index (χ2n) is 7.65. The Labute approximate surface area is 150 Å². The predicted molar refractivity (Wildman–Crippen MR) is 100 cm³/mol. The highest BCUT2D eigenvalue weighted by atomic mass is 32.2. The smallest absolute Gasteiger partial charge is 0.241 e. The van der Waals surface area contributed by atoms with E-state index in [9.17, 15) is 13.2 Å². The first-order chi connectivity index (χ1) is 11.9. The zero-order chi connectivity index (χ0) is 17.9. The highest BCUT2D eigenvalue weighted by Crippen LogP contribution is 2.28. The van der Waals surface area contributed by atoms with Crippen molar-refractivity contribution in [1.82, 2.24) is 5.32 Å². The lowest BCUT2D eigenvalue weighted by Crippen LogP contribution is -2.51. The van der Waals surface area contributed by atoms with E-state index in [2.05, 4.69) is 5.32 Å². The molecule has 1 saturated carbocycles. The van der Waals surface area contributed by atoms with E-state index in [1.54, 1.807) is 0 Å². The van der Waals surface area contributed by atoms with Crippen LogP contribution in [-0.4, -0.2) is 44.0 Å². The second-order valence-corrected chi connectivity index (χ2v) is 9.83. The molecule has 6 heteroatoms. The van der Waals surface area contributed by atoms with Crippen LogP contribution >= 0.6 is 0 Å². The SMILES string of the molecule is CC1(NCC(=O)N(c2ccccc2)C2CCCCC2)CCS(=O)(=O)C1. The number of benzene rings is 1. The van der Waals surface area contributed by atoms with Crippen LogP contribution < -0.4 is 10.2 Å². The van der Waals surface area contributed by atoms with Crippen molar-refractivity contribution < 1.29 is 13.2 Å². The van der Waals surface area contributed by atoms with E-state index < -0.39 is 15.4 Å². The zero-order valence-electron chi connectivity index (χ0n) is 14.9. The first-order valence-electron chi connectivity index (χ1n) is 9.21. The number of carbonyl (C=O) groups is 1. The summed E-state index contributed by atoms with van der Waals surface area (Å²) in [7, 11) is -2.98. The van der Waals surface area contributed by atoms with Crippen LogP contribution in [0.5, 0.6) is 0 Å². The first-order valence-corrected chi connectivity index (χ1v) is 11.0. The molecule has 1 saturated heterocycles. The normalized spacial score (nSPS) is 26.4. The molecular weight excluding hydrogens is 336 g/mol. The fourth-order valence-corrected chi connectivity index (χ4v) is 6.13. The number of hydrogen-bond donors (Lipinski definition) is 1. The van der Waals surface area contributed by atoms with Crippen molar-refractivity contribution in [1.29, 1.82) is 0 Å². The molecule has 2 fully saturated rings. The summed E-state index contributed by atoms with van der Waals surface area (Å²) in [6, 6.07) is 10.1. The minimum Gasteiger partial charge on any atom is -0.308 e. The number of hydrogen-bond acceptors (Lipinski definition) is 4. The average molecular weight is 365 g/mol. The van der Waals surface area contributed by atoms with Crippen molar-refractivity contribution in [3.63, 3.8) is 0 Å². The Balaban J connectivity index is 1.71. The van der Waals surface area contributed by atoms with E-state index in [-0.39, 0.29) is 30.0 Å². The molecule has 2 aliphatic rings. The average Bonchev–Trinajstić information content (AvgIpc) is 2.89. The predicted octanol–water partition coefficient (Wildman–Crippen LogP) is 2.52. The Bertz CT molecular complexity index is 699. The second kappa shape index (κ2) is 7.46. The van der Waals surface area contributed by atoms with Gasteiger partial charge in [-0.1, -0.05) is 37.5 Å². The molecule has 25 heavy (non-hydrogen) atoms. The molecule has 5 nitrogen and oxygen atoms in total. The van der Waals surface area contributed by atoms with E-state index >= 15 is 0 Å². The molecule has 1 aromatic carbocycles. The largest absolute Gasteiger partial charge is 0.308 e. The number of nitrogens with one attached hydrogen (secondary N) is 1.